The molecule has 0 spiro atoms. The zero-order valence-corrected chi connectivity index (χ0v) is 14.1. The van der Waals surface area contributed by atoms with Crippen molar-refractivity contribution in [2.45, 2.75) is 13.5 Å². The number of hydrogen-bond donors (Lipinski definition) is 1. The third-order valence-corrected chi connectivity index (χ3v) is 3.75. The molecule has 4 nitrogen and oxygen atoms in total. The van der Waals surface area contributed by atoms with Gasteiger partial charge in [0.05, 0.1) is 10.7 Å². The third kappa shape index (κ3) is 4.98. The molecule has 2 aromatic rings. The minimum Gasteiger partial charge on any atom is -0.350 e. The molecule has 2 aromatic carbocycles. The summed E-state index contributed by atoms with van der Waals surface area (Å²) in [4.78, 5) is 25.3. The molecule has 0 bridgehead atoms. The van der Waals surface area contributed by atoms with Crippen molar-refractivity contribution in [3.8, 4) is 0 Å². The van der Waals surface area contributed by atoms with Gasteiger partial charge >= 0.3 is 0 Å². The van der Waals surface area contributed by atoms with Crippen LogP contribution < -0.4 is 10.2 Å². The van der Waals surface area contributed by atoms with Crippen LogP contribution in [-0.2, 0) is 16.1 Å². The smallest absolute Gasteiger partial charge is 0.240 e. The monoisotopic (exact) mass is 350 g/mol. The Morgan fingerprint density at radius 2 is 1.78 bits per heavy atom. The Morgan fingerprint density at radius 3 is 2.39 bits per heavy atom. The maximum Gasteiger partial charge on any atom is 0.240 e. The first-order chi connectivity index (χ1) is 11.0. The van der Waals surface area contributed by atoms with Gasteiger partial charge in [-0.25, -0.2) is 0 Å². The Hall–Kier alpha value is -2.04. The fourth-order valence-corrected chi connectivity index (χ4v) is 2.57. The van der Waals surface area contributed by atoms with Crippen molar-refractivity contribution >= 4 is 40.7 Å². The maximum atomic E-state index is 12.1. The van der Waals surface area contributed by atoms with Crippen molar-refractivity contribution in [3.05, 3.63) is 64.1 Å². The van der Waals surface area contributed by atoms with Gasteiger partial charge in [0.1, 0.15) is 6.54 Å². The molecule has 0 aliphatic carbocycles. The quantitative estimate of drug-likeness (QED) is 0.894. The topological polar surface area (TPSA) is 49.4 Å². The molecule has 2 rings (SSSR count). The second-order valence-electron chi connectivity index (χ2n) is 4.96. The predicted octanol–water partition coefficient (Wildman–Crippen LogP) is 3.66. The normalized spacial score (nSPS) is 10.2. The summed E-state index contributed by atoms with van der Waals surface area (Å²) >= 11 is 12.0. The van der Waals surface area contributed by atoms with Gasteiger partial charge in [-0.15, -0.1) is 0 Å². The largest absolute Gasteiger partial charge is 0.350 e. The number of amides is 2. The summed E-state index contributed by atoms with van der Waals surface area (Å²) in [6.45, 7) is 1.68. The number of halogens is 2. The SMILES string of the molecule is CC(=O)N(CC(=O)NCc1ccccc1)c1ccc(Cl)cc1Cl. The van der Waals surface area contributed by atoms with E-state index in [1.54, 1.807) is 12.1 Å². The van der Waals surface area contributed by atoms with E-state index < -0.39 is 0 Å². The van der Waals surface area contributed by atoms with E-state index in [9.17, 15) is 9.59 Å². The highest BCUT2D eigenvalue weighted by atomic mass is 35.5. The van der Waals surface area contributed by atoms with E-state index in [0.717, 1.165) is 5.56 Å². The molecule has 0 atom stereocenters. The Labute approximate surface area is 145 Å². The van der Waals surface area contributed by atoms with E-state index in [0.29, 0.717) is 22.3 Å². The Kier molecular flexibility index (Phi) is 6.02. The first kappa shape index (κ1) is 17.3. The Balaban J connectivity index is 2.04. The van der Waals surface area contributed by atoms with Crippen LogP contribution in [0.3, 0.4) is 0 Å². The van der Waals surface area contributed by atoms with Gasteiger partial charge in [-0.3, -0.25) is 9.59 Å². The Bertz CT molecular complexity index is 705. The van der Waals surface area contributed by atoms with Crippen molar-refractivity contribution in [3.63, 3.8) is 0 Å². The highest BCUT2D eigenvalue weighted by Crippen LogP contribution is 2.28. The summed E-state index contributed by atoms with van der Waals surface area (Å²) in [5.74, 6) is -0.542. The van der Waals surface area contributed by atoms with Crippen molar-refractivity contribution in [1.82, 2.24) is 5.32 Å². The number of nitrogens with one attached hydrogen (secondary N) is 1. The van der Waals surface area contributed by atoms with E-state index in [4.69, 9.17) is 23.2 Å². The highest BCUT2D eigenvalue weighted by Gasteiger charge is 2.18. The molecule has 0 radical (unpaired) electrons. The van der Waals surface area contributed by atoms with Gasteiger partial charge in [-0.1, -0.05) is 53.5 Å². The van der Waals surface area contributed by atoms with E-state index in [1.807, 2.05) is 30.3 Å². The second kappa shape index (κ2) is 7.99. The molecule has 0 saturated heterocycles. The van der Waals surface area contributed by atoms with Crippen LogP contribution in [0.1, 0.15) is 12.5 Å². The molecule has 120 valence electrons. The maximum absolute atomic E-state index is 12.1. The molecule has 0 fully saturated rings. The molecule has 1 N–H and O–H groups in total. The first-order valence-electron chi connectivity index (χ1n) is 7.01. The molecular weight excluding hydrogens is 335 g/mol. The summed E-state index contributed by atoms with van der Waals surface area (Å²) in [7, 11) is 0. The molecule has 0 aromatic heterocycles. The molecule has 0 heterocycles. The lowest BCUT2D eigenvalue weighted by Crippen LogP contribution is -2.39. The lowest BCUT2D eigenvalue weighted by Gasteiger charge is -2.22. The van der Waals surface area contributed by atoms with Gasteiger partial charge in [0.25, 0.3) is 0 Å². The van der Waals surface area contributed by atoms with Crippen LogP contribution in [-0.4, -0.2) is 18.4 Å². The van der Waals surface area contributed by atoms with Crippen LogP contribution in [0.15, 0.2) is 48.5 Å². The van der Waals surface area contributed by atoms with Gasteiger partial charge in [-0.2, -0.15) is 0 Å². The van der Waals surface area contributed by atoms with Crippen LogP contribution in [0.5, 0.6) is 0 Å². The highest BCUT2D eigenvalue weighted by molar-refractivity contribution is 6.36. The number of nitrogens with zero attached hydrogens (tertiary/aromatic N) is 1. The molecule has 6 heteroatoms. The average molecular weight is 351 g/mol. The van der Waals surface area contributed by atoms with Crippen molar-refractivity contribution < 1.29 is 9.59 Å². The van der Waals surface area contributed by atoms with E-state index >= 15 is 0 Å². The molecule has 23 heavy (non-hydrogen) atoms. The lowest BCUT2D eigenvalue weighted by molar-refractivity contribution is -0.123. The van der Waals surface area contributed by atoms with Crippen LogP contribution in [0, 0.1) is 0 Å². The summed E-state index contributed by atoms with van der Waals surface area (Å²) < 4.78 is 0. The summed E-state index contributed by atoms with van der Waals surface area (Å²) in [5, 5.41) is 3.57. The molecule has 0 saturated carbocycles. The average Bonchev–Trinajstić information content (AvgIpc) is 2.52. The zero-order chi connectivity index (χ0) is 16.8. The van der Waals surface area contributed by atoms with Gasteiger partial charge < -0.3 is 10.2 Å². The fraction of sp³-hybridized carbons (Fsp3) is 0.176. The lowest BCUT2D eigenvalue weighted by atomic mass is 10.2. The van der Waals surface area contributed by atoms with Crippen LogP contribution in [0.4, 0.5) is 5.69 Å². The number of hydrogen-bond acceptors (Lipinski definition) is 2. The zero-order valence-electron chi connectivity index (χ0n) is 12.6. The van der Waals surface area contributed by atoms with Gasteiger partial charge in [0.2, 0.25) is 11.8 Å². The van der Waals surface area contributed by atoms with Crippen LogP contribution in [0.2, 0.25) is 10.0 Å². The number of anilines is 1. The molecule has 0 aliphatic rings. The number of rotatable bonds is 5. The summed E-state index contributed by atoms with van der Waals surface area (Å²) in [5.41, 5.74) is 1.44. The second-order valence-corrected chi connectivity index (χ2v) is 5.81. The standard InChI is InChI=1S/C17H16Cl2N2O2/c1-12(22)21(16-8-7-14(18)9-15(16)19)11-17(23)20-10-13-5-3-2-4-6-13/h2-9H,10-11H2,1H3,(H,20,23). The number of benzene rings is 2. The number of carbonyl (C=O) groups is 2. The van der Waals surface area contributed by atoms with E-state index in [-0.39, 0.29) is 18.4 Å². The van der Waals surface area contributed by atoms with Crippen molar-refractivity contribution in [1.29, 1.82) is 0 Å². The van der Waals surface area contributed by atoms with Crippen molar-refractivity contribution in [2.24, 2.45) is 0 Å². The van der Waals surface area contributed by atoms with E-state index in [2.05, 4.69) is 5.32 Å². The van der Waals surface area contributed by atoms with Gasteiger partial charge in [-0.05, 0) is 23.8 Å². The third-order valence-electron chi connectivity index (χ3n) is 3.21. The van der Waals surface area contributed by atoms with Crippen LogP contribution >= 0.6 is 23.2 Å². The summed E-state index contributed by atoms with van der Waals surface area (Å²) in [6.07, 6.45) is 0. The molecular formula is C17H16Cl2N2O2. The van der Waals surface area contributed by atoms with Crippen LogP contribution in [0.25, 0.3) is 0 Å². The first-order valence-corrected chi connectivity index (χ1v) is 7.76. The van der Waals surface area contributed by atoms with Gasteiger partial charge in [0, 0.05) is 18.5 Å². The van der Waals surface area contributed by atoms with Gasteiger partial charge in [0.15, 0.2) is 0 Å². The molecule has 0 unspecified atom stereocenters. The molecule has 2 amide bonds. The minimum absolute atomic E-state index is 0.108. The number of carbonyl (C=O) groups excluding carboxylic acids is 2. The molecule has 0 aliphatic heterocycles. The van der Waals surface area contributed by atoms with Crippen molar-refractivity contribution in [2.75, 3.05) is 11.4 Å². The predicted molar refractivity (Wildman–Crippen MR) is 92.8 cm³/mol. The fourth-order valence-electron chi connectivity index (χ4n) is 2.06. The summed E-state index contributed by atoms with van der Waals surface area (Å²) in [6, 6.07) is 14.3. The van der Waals surface area contributed by atoms with E-state index in [1.165, 1.54) is 17.9 Å². The Morgan fingerprint density at radius 1 is 1.09 bits per heavy atom. The minimum atomic E-state index is -0.274.